The molecule has 0 aliphatic carbocycles. The number of aromatic nitrogens is 4. The predicted molar refractivity (Wildman–Crippen MR) is 74.9 cm³/mol. The van der Waals surface area contributed by atoms with Crippen LogP contribution in [0.25, 0.3) is 0 Å². The molecule has 0 aliphatic heterocycles. The number of hydrogen-bond donors (Lipinski definition) is 2. The molecule has 9 heteroatoms. The number of methoxy groups -OCH3 is 1. The minimum Gasteiger partial charge on any atom is -0.375 e. The minimum atomic E-state index is -0.322. The monoisotopic (exact) mass is 307 g/mol. The summed E-state index contributed by atoms with van der Waals surface area (Å²) in [6.45, 7) is 3.71. The number of carbonyl (C=O) groups is 1. The van der Waals surface area contributed by atoms with E-state index in [9.17, 15) is 9.59 Å². The largest absolute Gasteiger partial charge is 0.375 e. The van der Waals surface area contributed by atoms with Gasteiger partial charge in [-0.15, -0.1) is 0 Å². The van der Waals surface area contributed by atoms with E-state index < -0.39 is 0 Å². The summed E-state index contributed by atoms with van der Waals surface area (Å²) < 4.78 is 9.76. The predicted octanol–water partition coefficient (Wildman–Crippen LogP) is -0.225. The average Bonchev–Trinajstić information content (AvgIpc) is 2.89. The zero-order valence-electron chi connectivity index (χ0n) is 12.6. The van der Waals surface area contributed by atoms with E-state index >= 15 is 0 Å². The molecular formula is C13H17N5O4. The zero-order valence-corrected chi connectivity index (χ0v) is 12.6. The Labute approximate surface area is 126 Å². The van der Waals surface area contributed by atoms with Gasteiger partial charge in [-0.2, -0.15) is 4.98 Å². The summed E-state index contributed by atoms with van der Waals surface area (Å²) >= 11 is 0. The van der Waals surface area contributed by atoms with Gasteiger partial charge in [0.25, 0.3) is 11.4 Å². The number of hydrogen-bond acceptors (Lipinski definition) is 7. The molecule has 22 heavy (non-hydrogen) atoms. The van der Waals surface area contributed by atoms with Crippen LogP contribution in [-0.2, 0) is 29.1 Å². The normalized spacial score (nSPS) is 10.7. The van der Waals surface area contributed by atoms with E-state index in [0.29, 0.717) is 28.8 Å². The smallest absolute Gasteiger partial charge is 0.254 e. The van der Waals surface area contributed by atoms with Gasteiger partial charge in [0.1, 0.15) is 12.4 Å². The van der Waals surface area contributed by atoms with Crippen molar-refractivity contribution in [1.29, 1.82) is 0 Å². The van der Waals surface area contributed by atoms with Crippen LogP contribution < -0.4 is 10.9 Å². The van der Waals surface area contributed by atoms with Crippen LogP contribution in [0.2, 0.25) is 0 Å². The van der Waals surface area contributed by atoms with Crippen molar-refractivity contribution in [3.05, 3.63) is 39.2 Å². The van der Waals surface area contributed by atoms with Gasteiger partial charge in [-0.1, -0.05) is 5.16 Å². The highest BCUT2D eigenvalue weighted by Crippen LogP contribution is 2.01. The van der Waals surface area contributed by atoms with Crippen LogP contribution in [0.4, 0.5) is 0 Å². The number of aryl methyl sites for hydroxylation is 2. The van der Waals surface area contributed by atoms with Crippen LogP contribution in [0.3, 0.4) is 0 Å². The van der Waals surface area contributed by atoms with Gasteiger partial charge in [0.05, 0.1) is 13.0 Å². The lowest BCUT2D eigenvalue weighted by atomic mass is 10.1. The molecule has 0 radical (unpaired) electrons. The number of H-pyrrole nitrogens is 1. The molecule has 118 valence electrons. The van der Waals surface area contributed by atoms with Crippen molar-refractivity contribution in [2.75, 3.05) is 7.11 Å². The Hall–Kier alpha value is -2.55. The number of nitrogens with one attached hydrogen (secondary N) is 2. The maximum atomic E-state index is 11.9. The van der Waals surface area contributed by atoms with Gasteiger partial charge in [-0.25, -0.2) is 4.98 Å². The Balaban J connectivity index is 1.94. The summed E-state index contributed by atoms with van der Waals surface area (Å²) in [5.41, 5.74) is 0.580. The third-order valence-corrected chi connectivity index (χ3v) is 2.90. The van der Waals surface area contributed by atoms with Crippen LogP contribution in [0.15, 0.2) is 9.32 Å². The van der Waals surface area contributed by atoms with Gasteiger partial charge in [0, 0.05) is 18.4 Å². The number of aromatic amines is 1. The van der Waals surface area contributed by atoms with Crippen molar-refractivity contribution >= 4 is 5.91 Å². The van der Waals surface area contributed by atoms with Gasteiger partial charge in [-0.05, 0) is 13.8 Å². The second-order valence-electron chi connectivity index (χ2n) is 4.71. The molecule has 2 aromatic heterocycles. The number of carbonyl (C=O) groups excluding carboxylic acids is 1. The molecule has 9 nitrogen and oxygen atoms in total. The molecule has 0 unspecified atom stereocenters. The van der Waals surface area contributed by atoms with E-state index in [2.05, 4.69) is 25.4 Å². The van der Waals surface area contributed by atoms with E-state index in [0.717, 1.165) is 0 Å². The molecule has 0 saturated carbocycles. The summed E-state index contributed by atoms with van der Waals surface area (Å²) in [6, 6.07) is 0. The van der Waals surface area contributed by atoms with E-state index in [1.54, 1.807) is 13.8 Å². The van der Waals surface area contributed by atoms with E-state index in [4.69, 9.17) is 9.26 Å². The zero-order chi connectivity index (χ0) is 16.1. The van der Waals surface area contributed by atoms with E-state index in [1.165, 1.54) is 7.11 Å². The van der Waals surface area contributed by atoms with Crippen LogP contribution in [-0.4, -0.2) is 33.1 Å². The third kappa shape index (κ3) is 3.98. The van der Waals surface area contributed by atoms with Gasteiger partial charge >= 0.3 is 0 Å². The van der Waals surface area contributed by atoms with Crippen molar-refractivity contribution in [3.63, 3.8) is 0 Å². The third-order valence-electron chi connectivity index (χ3n) is 2.90. The Morgan fingerprint density at radius 1 is 1.36 bits per heavy atom. The molecule has 0 bridgehead atoms. The van der Waals surface area contributed by atoms with Crippen molar-refractivity contribution in [2.45, 2.75) is 33.4 Å². The molecule has 1 amide bonds. The fourth-order valence-corrected chi connectivity index (χ4v) is 1.90. The van der Waals surface area contributed by atoms with Crippen LogP contribution in [0.1, 0.15) is 28.8 Å². The van der Waals surface area contributed by atoms with Crippen molar-refractivity contribution in [3.8, 4) is 0 Å². The molecule has 0 fully saturated rings. The number of rotatable bonds is 6. The number of ether oxygens (including phenoxy) is 1. The summed E-state index contributed by atoms with van der Waals surface area (Å²) in [7, 11) is 1.52. The molecule has 2 rings (SSSR count). The van der Waals surface area contributed by atoms with Crippen LogP contribution in [0, 0.1) is 13.8 Å². The second kappa shape index (κ2) is 6.94. The first kappa shape index (κ1) is 15.8. The topological polar surface area (TPSA) is 123 Å². The highest BCUT2D eigenvalue weighted by atomic mass is 16.5. The summed E-state index contributed by atoms with van der Waals surface area (Å²) in [4.78, 5) is 34.5. The van der Waals surface area contributed by atoms with Gasteiger partial charge < -0.3 is 19.6 Å². The number of amides is 1. The number of nitrogens with zero attached hydrogens (tertiary/aromatic N) is 3. The maximum absolute atomic E-state index is 11.9. The van der Waals surface area contributed by atoms with Gasteiger partial charge in [-0.3, -0.25) is 9.59 Å². The molecule has 2 N–H and O–H groups in total. The SMILES string of the molecule is COCc1nc(CNC(=O)Cc2c(C)nc(C)[nH]c2=O)no1. The fraction of sp³-hybridized carbons (Fsp3) is 0.462. The summed E-state index contributed by atoms with van der Waals surface area (Å²) in [5, 5.41) is 6.33. The Morgan fingerprint density at radius 3 is 2.82 bits per heavy atom. The quantitative estimate of drug-likeness (QED) is 0.756. The lowest BCUT2D eigenvalue weighted by molar-refractivity contribution is -0.120. The molecule has 2 aromatic rings. The Morgan fingerprint density at radius 2 is 2.14 bits per heavy atom. The molecular weight excluding hydrogens is 290 g/mol. The van der Waals surface area contributed by atoms with Gasteiger partial charge in [0.2, 0.25) is 5.91 Å². The second-order valence-corrected chi connectivity index (χ2v) is 4.71. The highest BCUT2D eigenvalue weighted by molar-refractivity contribution is 5.78. The van der Waals surface area contributed by atoms with Crippen LogP contribution in [0.5, 0.6) is 0 Å². The van der Waals surface area contributed by atoms with Gasteiger partial charge in [0.15, 0.2) is 5.82 Å². The molecule has 2 heterocycles. The summed E-state index contributed by atoms with van der Waals surface area (Å²) in [5.74, 6) is 0.872. The molecule has 0 aromatic carbocycles. The Bertz CT molecular complexity index is 721. The van der Waals surface area contributed by atoms with E-state index in [-0.39, 0.29) is 31.0 Å². The fourth-order valence-electron chi connectivity index (χ4n) is 1.90. The van der Waals surface area contributed by atoms with Crippen LogP contribution >= 0.6 is 0 Å². The maximum Gasteiger partial charge on any atom is 0.254 e. The lowest BCUT2D eigenvalue weighted by Crippen LogP contribution is -2.29. The Kier molecular flexibility index (Phi) is 4.99. The highest BCUT2D eigenvalue weighted by Gasteiger charge is 2.13. The minimum absolute atomic E-state index is 0.0583. The summed E-state index contributed by atoms with van der Waals surface area (Å²) in [6.07, 6.45) is -0.0583. The molecule has 0 aliphatic rings. The van der Waals surface area contributed by atoms with E-state index in [1.807, 2.05) is 0 Å². The molecule has 0 saturated heterocycles. The van der Waals surface area contributed by atoms with Crippen molar-refractivity contribution in [2.24, 2.45) is 0 Å². The first-order valence-corrected chi connectivity index (χ1v) is 6.63. The standard InChI is InChI=1S/C13H17N5O4/c1-7-9(13(20)16-8(2)15-7)4-11(19)14-5-10-17-12(6-21-3)22-18-10/h4-6H2,1-3H3,(H,14,19)(H,15,16,20). The molecule has 0 atom stereocenters. The first-order chi connectivity index (χ1) is 10.5. The average molecular weight is 307 g/mol. The lowest BCUT2D eigenvalue weighted by Gasteiger charge is -2.05. The van der Waals surface area contributed by atoms with Crippen molar-refractivity contribution in [1.82, 2.24) is 25.4 Å². The van der Waals surface area contributed by atoms with Crippen molar-refractivity contribution < 1.29 is 14.1 Å². The molecule has 0 spiro atoms. The first-order valence-electron chi connectivity index (χ1n) is 6.63.